The molecule has 0 aliphatic rings. The zero-order chi connectivity index (χ0) is 20.5. The van der Waals surface area contributed by atoms with Crippen molar-refractivity contribution >= 4 is 11.8 Å². The Morgan fingerprint density at radius 1 is 0.929 bits per heavy atom. The summed E-state index contributed by atoms with van der Waals surface area (Å²) in [6.45, 7) is -0.831. The van der Waals surface area contributed by atoms with Gasteiger partial charge in [0, 0.05) is 5.56 Å². The predicted octanol–water partition coefficient (Wildman–Crippen LogP) is 2.39. The number of benzene rings is 2. The minimum Gasteiger partial charge on any atom is -0.493 e. The van der Waals surface area contributed by atoms with Crippen molar-refractivity contribution in [3.8, 4) is 29.1 Å². The zero-order valence-electron chi connectivity index (χ0n) is 15.7. The summed E-state index contributed by atoms with van der Waals surface area (Å²) in [5, 5.41) is 8.74. The van der Waals surface area contributed by atoms with Crippen LogP contribution < -0.4 is 18.9 Å². The summed E-state index contributed by atoms with van der Waals surface area (Å²) in [6.07, 6.45) is 0. The van der Waals surface area contributed by atoms with Gasteiger partial charge < -0.3 is 23.7 Å². The summed E-state index contributed by atoms with van der Waals surface area (Å²) in [6, 6.07) is 11.2. The van der Waals surface area contributed by atoms with E-state index in [0.29, 0.717) is 28.6 Å². The van der Waals surface area contributed by atoms with Crippen molar-refractivity contribution in [3.63, 3.8) is 0 Å². The highest BCUT2D eigenvalue weighted by Crippen LogP contribution is 2.38. The van der Waals surface area contributed by atoms with Gasteiger partial charge >= 0.3 is 5.97 Å². The van der Waals surface area contributed by atoms with Gasteiger partial charge in [0.1, 0.15) is 5.75 Å². The first-order valence-corrected chi connectivity index (χ1v) is 8.14. The zero-order valence-corrected chi connectivity index (χ0v) is 15.7. The molecule has 0 radical (unpaired) electrons. The number of nitriles is 1. The summed E-state index contributed by atoms with van der Waals surface area (Å²) in [4.78, 5) is 24.1. The summed E-state index contributed by atoms with van der Waals surface area (Å²) >= 11 is 0. The van der Waals surface area contributed by atoms with Crippen LogP contribution in [0.2, 0.25) is 0 Å². The van der Waals surface area contributed by atoms with E-state index in [9.17, 15) is 9.59 Å². The third-order valence-corrected chi connectivity index (χ3v) is 3.69. The molecule has 0 bridgehead atoms. The van der Waals surface area contributed by atoms with Gasteiger partial charge in [0.2, 0.25) is 11.5 Å². The van der Waals surface area contributed by atoms with E-state index in [1.807, 2.05) is 6.07 Å². The first-order valence-electron chi connectivity index (χ1n) is 8.14. The Morgan fingerprint density at radius 3 is 2.04 bits per heavy atom. The molecular weight excluding hydrogens is 366 g/mol. The minimum atomic E-state index is -0.704. The van der Waals surface area contributed by atoms with E-state index in [-0.39, 0.29) is 12.2 Å². The number of carbonyl (C=O) groups excluding carboxylic acids is 2. The van der Waals surface area contributed by atoms with Gasteiger partial charge in [-0.2, -0.15) is 5.26 Å². The van der Waals surface area contributed by atoms with Gasteiger partial charge in [0.15, 0.2) is 24.7 Å². The van der Waals surface area contributed by atoms with Crippen LogP contribution in [0.5, 0.6) is 23.0 Å². The lowest BCUT2D eigenvalue weighted by Gasteiger charge is -2.13. The van der Waals surface area contributed by atoms with Crippen LogP contribution in [-0.2, 0) is 9.53 Å². The van der Waals surface area contributed by atoms with Crippen molar-refractivity contribution in [1.82, 2.24) is 0 Å². The molecule has 8 heteroatoms. The molecule has 0 N–H and O–H groups in total. The quantitative estimate of drug-likeness (QED) is 0.479. The van der Waals surface area contributed by atoms with Crippen LogP contribution in [0.25, 0.3) is 0 Å². The molecule has 2 aromatic carbocycles. The van der Waals surface area contributed by atoms with Crippen molar-refractivity contribution in [2.75, 3.05) is 34.5 Å². The number of nitrogens with zero attached hydrogens (tertiary/aromatic N) is 1. The molecule has 0 atom stereocenters. The fourth-order valence-electron chi connectivity index (χ4n) is 2.28. The fourth-order valence-corrected chi connectivity index (χ4v) is 2.28. The van der Waals surface area contributed by atoms with Crippen molar-refractivity contribution in [3.05, 3.63) is 47.5 Å². The minimum absolute atomic E-state index is 0.246. The molecule has 0 fully saturated rings. The van der Waals surface area contributed by atoms with Gasteiger partial charge in [-0.1, -0.05) is 0 Å². The van der Waals surface area contributed by atoms with Crippen LogP contribution in [0.15, 0.2) is 36.4 Å². The number of hydrogen-bond donors (Lipinski definition) is 0. The van der Waals surface area contributed by atoms with Crippen LogP contribution in [0.4, 0.5) is 0 Å². The summed E-state index contributed by atoms with van der Waals surface area (Å²) in [5.74, 6) is 0.263. The fraction of sp³-hybridized carbons (Fsp3) is 0.250. The number of rotatable bonds is 9. The molecule has 0 unspecified atom stereocenters. The number of ether oxygens (including phenoxy) is 5. The molecule has 0 heterocycles. The van der Waals surface area contributed by atoms with E-state index in [1.165, 1.54) is 33.5 Å². The molecule has 146 valence electrons. The Morgan fingerprint density at radius 2 is 1.54 bits per heavy atom. The number of ketones is 1. The highest BCUT2D eigenvalue weighted by atomic mass is 16.6. The maximum Gasteiger partial charge on any atom is 0.344 e. The molecular formula is C20H19NO7. The molecule has 0 aliphatic heterocycles. The Labute approximate surface area is 162 Å². The second-order valence-electron chi connectivity index (χ2n) is 5.42. The first-order chi connectivity index (χ1) is 13.5. The molecule has 2 aromatic rings. The lowest BCUT2D eigenvalue weighted by Crippen LogP contribution is -2.19. The molecule has 0 saturated heterocycles. The van der Waals surface area contributed by atoms with E-state index in [2.05, 4.69) is 0 Å². The van der Waals surface area contributed by atoms with Gasteiger partial charge in [-0.25, -0.2) is 4.79 Å². The van der Waals surface area contributed by atoms with Crippen molar-refractivity contribution < 1.29 is 33.3 Å². The van der Waals surface area contributed by atoms with Gasteiger partial charge in [0.25, 0.3) is 0 Å². The highest BCUT2D eigenvalue weighted by molar-refractivity contribution is 5.99. The van der Waals surface area contributed by atoms with Gasteiger partial charge in [-0.3, -0.25) is 4.79 Å². The molecule has 28 heavy (non-hydrogen) atoms. The maximum atomic E-state index is 12.3. The summed E-state index contributed by atoms with van der Waals surface area (Å²) in [7, 11) is 4.33. The average molecular weight is 385 g/mol. The highest BCUT2D eigenvalue weighted by Gasteiger charge is 2.18. The average Bonchev–Trinajstić information content (AvgIpc) is 2.74. The van der Waals surface area contributed by atoms with Crippen LogP contribution >= 0.6 is 0 Å². The standard InChI is InChI=1S/C20H19NO7/c1-24-17-8-14(9-18(25-2)20(17)26-3)16(22)11-28-19(23)12-27-15-6-4-13(10-21)5-7-15/h4-9H,11-12H2,1-3H3. The third kappa shape index (κ3) is 5.14. The Balaban J connectivity index is 1.93. The van der Waals surface area contributed by atoms with Gasteiger partial charge in [-0.15, -0.1) is 0 Å². The van der Waals surface area contributed by atoms with Crippen LogP contribution in [0.3, 0.4) is 0 Å². The van der Waals surface area contributed by atoms with Crippen molar-refractivity contribution in [1.29, 1.82) is 5.26 Å². The SMILES string of the molecule is COc1cc(C(=O)COC(=O)COc2ccc(C#N)cc2)cc(OC)c1OC. The van der Waals surface area contributed by atoms with E-state index in [4.69, 9.17) is 28.9 Å². The van der Waals surface area contributed by atoms with Crippen molar-refractivity contribution in [2.24, 2.45) is 0 Å². The number of carbonyl (C=O) groups is 2. The molecule has 0 spiro atoms. The molecule has 0 saturated carbocycles. The van der Waals surface area contributed by atoms with E-state index in [0.717, 1.165) is 0 Å². The Hall–Kier alpha value is -3.73. The number of esters is 1. The molecule has 0 aliphatic carbocycles. The van der Waals surface area contributed by atoms with E-state index >= 15 is 0 Å². The number of Topliss-reactive ketones (excluding diaryl/α,β-unsaturated/α-hetero) is 1. The van der Waals surface area contributed by atoms with E-state index < -0.39 is 18.4 Å². The topological polar surface area (TPSA) is 104 Å². The lowest BCUT2D eigenvalue weighted by atomic mass is 10.1. The lowest BCUT2D eigenvalue weighted by molar-refractivity contribution is -0.144. The van der Waals surface area contributed by atoms with Crippen molar-refractivity contribution in [2.45, 2.75) is 0 Å². The van der Waals surface area contributed by atoms with Crippen LogP contribution in [0, 0.1) is 11.3 Å². The normalized spacial score (nSPS) is 9.79. The van der Waals surface area contributed by atoms with E-state index in [1.54, 1.807) is 24.3 Å². The van der Waals surface area contributed by atoms with Gasteiger partial charge in [-0.05, 0) is 36.4 Å². The largest absolute Gasteiger partial charge is 0.493 e. The first kappa shape index (κ1) is 20.6. The van der Waals surface area contributed by atoms with Crippen LogP contribution in [-0.4, -0.2) is 46.3 Å². The molecule has 2 rings (SSSR count). The molecule has 8 nitrogen and oxygen atoms in total. The third-order valence-electron chi connectivity index (χ3n) is 3.69. The predicted molar refractivity (Wildman–Crippen MR) is 98.0 cm³/mol. The Kier molecular flexibility index (Phi) is 7.22. The summed E-state index contributed by atoms with van der Waals surface area (Å²) in [5.41, 5.74) is 0.723. The monoisotopic (exact) mass is 385 g/mol. The summed E-state index contributed by atoms with van der Waals surface area (Å²) < 4.78 is 25.8. The second kappa shape index (κ2) is 9.83. The van der Waals surface area contributed by atoms with Gasteiger partial charge in [0.05, 0.1) is 33.0 Å². The van der Waals surface area contributed by atoms with Crippen LogP contribution in [0.1, 0.15) is 15.9 Å². The molecule has 0 amide bonds. The Bertz CT molecular complexity index is 859. The second-order valence-corrected chi connectivity index (χ2v) is 5.42. The molecule has 0 aromatic heterocycles. The smallest absolute Gasteiger partial charge is 0.344 e. The number of methoxy groups -OCH3 is 3. The number of hydrogen-bond acceptors (Lipinski definition) is 8. The maximum absolute atomic E-state index is 12.3.